The first-order valence-electron chi connectivity index (χ1n) is 7.82. The molecule has 0 saturated carbocycles. The van der Waals surface area contributed by atoms with E-state index in [0.717, 1.165) is 27.4 Å². The molecule has 6 heteroatoms. The van der Waals surface area contributed by atoms with E-state index in [4.69, 9.17) is 4.98 Å². The summed E-state index contributed by atoms with van der Waals surface area (Å²) in [6.07, 6.45) is 4.76. The molecule has 0 atom stereocenters. The topological polar surface area (TPSA) is 21.1 Å². The van der Waals surface area contributed by atoms with Gasteiger partial charge in [0, 0.05) is 21.4 Å². The van der Waals surface area contributed by atoms with Gasteiger partial charge in [-0.25, -0.2) is 4.98 Å². The van der Waals surface area contributed by atoms with Crippen molar-refractivity contribution in [1.29, 1.82) is 0 Å². The normalized spacial score (nSPS) is 20.0. The van der Waals surface area contributed by atoms with Crippen LogP contribution in [-0.2, 0) is 13.0 Å². The molecule has 22 heavy (non-hydrogen) atoms. The first-order chi connectivity index (χ1) is 10.6. The van der Waals surface area contributed by atoms with Gasteiger partial charge in [0.15, 0.2) is 0 Å². The lowest BCUT2D eigenvalue weighted by Crippen LogP contribution is -2.30. The van der Waals surface area contributed by atoms with Crippen LogP contribution in [0.2, 0.25) is 0 Å². The predicted molar refractivity (Wildman–Crippen MR) is 101 cm³/mol. The Labute approximate surface area is 155 Å². The largest absolute Gasteiger partial charge is 0.327 e. The number of imidazole rings is 1. The number of aromatic nitrogens is 2. The number of halogens is 3. The summed E-state index contributed by atoms with van der Waals surface area (Å²) in [6, 6.07) is 0. The van der Waals surface area contributed by atoms with E-state index in [0.29, 0.717) is 5.92 Å². The highest BCUT2D eigenvalue weighted by Crippen LogP contribution is 2.44. The summed E-state index contributed by atoms with van der Waals surface area (Å²) in [6.45, 7) is 3.45. The molecule has 2 aliphatic rings. The molecule has 4 rings (SSSR count). The smallest absolute Gasteiger partial charge is 0.113 e. The fraction of sp³-hybridized carbons (Fsp3) is 0.562. The molecule has 2 aliphatic heterocycles. The van der Waals surface area contributed by atoms with Gasteiger partial charge in [-0.05, 0) is 99.2 Å². The minimum absolute atomic E-state index is 0.596. The SMILES string of the molecule is CN1CCC(c2nc3c(Br)c(Br)c(Br)c4c3n2CCC4)CC1. The van der Waals surface area contributed by atoms with Crippen molar-refractivity contribution in [3.05, 3.63) is 24.8 Å². The van der Waals surface area contributed by atoms with Crippen molar-refractivity contribution in [2.45, 2.75) is 38.1 Å². The maximum atomic E-state index is 5.08. The summed E-state index contributed by atoms with van der Waals surface area (Å²) >= 11 is 11.2. The maximum Gasteiger partial charge on any atom is 0.113 e. The van der Waals surface area contributed by atoms with Gasteiger partial charge >= 0.3 is 0 Å². The lowest BCUT2D eigenvalue weighted by Gasteiger charge is -2.29. The fourth-order valence-corrected chi connectivity index (χ4v) is 5.56. The summed E-state index contributed by atoms with van der Waals surface area (Å²) in [5, 5.41) is 0. The van der Waals surface area contributed by atoms with Crippen molar-refractivity contribution in [1.82, 2.24) is 14.5 Å². The summed E-state index contributed by atoms with van der Waals surface area (Å²) in [5.74, 6) is 1.90. The van der Waals surface area contributed by atoms with Gasteiger partial charge in [-0.1, -0.05) is 0 Å². The average Bonchev–Trinajstić information content (AvgIpc) is 2.92. The molecule has 1 aromatic carbocycles. The van der Waals surface area contributed by atoms with Gasteiger partial charge in [0.2, 0.25) is 0 Å². The number of aryl methyl sites for hydroxylation is 2. The molecule has 0 aliphatic carbocycles. The summed E-state index contributed by atoms with van der Waals surface area (Å²) in [7, 11) is 2.21. The Morgan fingerprint density at radius 2 is 1.73 bits per heavy atom. The molecular weight excluding hydrogens is 474 g/mol. The van der Waals surface area contributed by atoms with Crippen molar-refractivity contribution in [3.63, 3.8) is 0 Å². The molecule has 0 radical (unpaired) electrons. The second-order valence-electron chi connectivity index (χ2n) is 6.42. The van der Waals surface area contributed by atoms with Gasteiger partial charge < -0.3 is 9.47 Å². The minimum atomic E-state index is 0.596. The zero-order chi connectivity index (χ0) is 15.4. The Hall–Kier alpha value is 0.0900. The highest BCUT2D eigenvalue weighted by Gasteiger charge is 2.29. The van der Waals surface area contributed by atoms with Crippen molar-refractivity contribution in [2.24, 2.45) is 0 Å². The third-order valence-corrected chi connectivity index (χ3v) is 8.54. The quantitative estimate of drug-likeness (QED) is 0.519. The van der Waals surface area contributed by atoms with Crippen LogP contribution in [-0.4, -0.2) is 34.6 Å². The van der Waals surface area contributed by atoms with E-state index in [1.807, 2.05) is 0 Å². The lowest BCUT2D eigenvalue weighted by molar-refractivity contribution is 0.248. The van der Waals surface area contributed by atoms with Gasteiger partial charge in [-0.3, -0.25) is 0 Å². The number of rotatable bonds is 1. The Morgan fingerprint density at radius 1 is 1.00 bits per heavy atom. The van der Waals surface area contributed by atoms with E-state index in [9.17, 15) is 0 Å². The van der Waals surface area contributed by atoms with Crippen molar-refractivity contribution in [2.75, 3.05) is 20.1 Å². The van der Waals surface area contributed by atoms with Crippen LogP contribution in [0.3, 0.4) is 0 Å². The van der Waals surface area contributed by atoms with E-state index >= 15 is 0 Å². The number of hydrogen-bond acceptors (Lipinski definition) is 2. The van der Waals surface area contributed by atoms with Gasteiger partial charge in [-0.2, -0.15) is 0 Å². The molecule has 0 bridgehead atoms. The first-order valence-corrected chi connectivity index (χ1v) is 10.2. The molecule has 1 fully saturated rings. The molecular formula is C16H18Br3N3. The van der Waals surface area contributed by atoms with E-state index < -0.39 is 0 Å². The molecule has 118 valence electrons. The Bertz CT molecular complexity index is 745. The van der Waals surface area contributed by atoms with Crippen molar-refractivity contribution < 1.29 is 0 Å². The van der Waals surface area contributed by atoms with Crippen LogP contribution in [0, 0.1) is 0 Å². The zero-order valence-corrected chi connectivity index (χ0v) is 17.3. The first kappa shape index (κ1) is 15.6. The van der Waals surface area contributed by atoms with Crippen LogP contribution in [0.15, 0.2) is 13.4 Å². The van der Waals surface area contributed by atoms with Gasteiger partial charge in [-0.15, -0.1) is 0 Å². The van der Waals surface area contributed by atoms with E-state index in [1.54, 1.807) is 0 Å². The highest BCUT2D eigenvalue weighted by molar-refractivity contribution is 9.14. The minimum Gasteiger partial charge on any atom is -0.327 e. The number of likely N-dealkylation sites (tertiary alicyclic amines) is 1. The maximum absolute atomic E-state index is 5.08. The summed E-state index contributed by atoms with van der Waals surface area (Å²) in [4.78, 5) is 7.50. The lowest BCUT2D eigenvalue weighted by atomic mass is 9.96. The number of nitrogens with zero attached hydrogens (tertiary/aromatic N) is 3. The summed E-state index contributed by atoms with van der Waals surface area (Å²) in [5.41, 5.74) is 3.86. The molecule has 1 aromatic heterocycles. The van der Waals surface area contributed by atoms with Gasteiger partial charge in [0.25, 0.3) is 0 Å². The molecule has 0 N–H and O–H groups in total. The van der Waals surface area contributed by atoms with Crippen LogP contribution in [0.1, 0.15) is 36.6 Å². The van der Waals surface area contributed by atoms with Crippen LogP contribution in [0.5, 0.6) is 0 Å². The second kappa shape index (κ2) is 5.87. The fourth-order valence-electron chi connectivity index (χ4n) is 3.81. The monoisotopic (exact) mass is 489 g/mol. The molecule has 1 saturated heterocycles. The molecule has 0 spiro atoms. The Morgan fingerprint density at radius 3 is 2.45 bits per heavy atom. The van der Waals surface area contributed by atoms with Crippen LogP contribution >= 0.6 is 47.8 Å². The average molecular weight is 492 g/mol. The molecule has 0 unspecified atom stereocenters. The Kier molecular flexibility index (Phi) is 4.16. The van der Waals surface area contributed by atoms with Gasteiger partial charge in [0.1, 0.15) is 11.3 Å². The number of hydrogen-bond donors (Lipinski definition) is 0. The van der Waals surface area contributed by atoms with Crippen molar-refractivity contribution >= 4 is 58.8 Å². The van der Waals surface area contributed by atoms with E-state index in [1.165, 1.54) is 53.7 Å². The van der Waals surface area contributed by atoms with Crippen molar-refractivity contribution in [3.8, 4) is 0 Å². The number of piperidine rings is 1. The second-order valence-corrected chi connectivity index (χ2v) is 8.80. The highest BCUT2D eigenvalue weighted by atomic mass is 79.9. The molecule has 3 nitrogen and oxygen atoms in total. The van der Waals surface area contributed by atoms with E-state index in [2.05, 4.69) is 64.3 Å². The van der Waals surface area contributed by atoms with E-state index in [-0.39, 0.29) is 0 Å². The zero-order valence-electron chi connectivity index (χ0n) is 12.5. The molecule has 0 amide bonds. The molecule has 3 heterocycles. The molecule has 2 aromatic rings. The standard InChI is InChI=1S/C16H18Br3N3/c1-21-7-4-9(5-8-21)16-20-14-13(19)12(18)11(17)10-3-2-6-22(16)15(10)14/h9H,2-8H2,1H3. The Balaban J connectivity index is 1.91. The summed E-state index contributed by atoms with van der Waals surface area (Å²) < 4.78 is 5.85. The number of benzene rings is 1. The van der Waals surface area contributed by atoms with Crippen LogP contribution in [0.25, 0.3) is 11.0 Å². The van der Waals surface area contributed by atoms with Gasteiger partial charge in [0.05, 0.1) is 9.99 Å². The van der Waals surface area contributed by atoms with Crippen LogP contribution in [0.4, 0.5) is 0 Å². The predicted octanol–water partition coefficient (Wildman–Crippen LogP) is 5.08. The third kappa shape index (κ3) is 2.33. The third-order valence-electron chi connectivity index (χ3n) is 5.03. The van der Waals surface area contributed by atoms with Crippen LogP contribution < -0.4 is 0 Å².